The lowest BCUT2D eigenvalue weighted by Crippen LogP contribution is -2.07. The molecule has 1 aromatic heterocycles. The van der Waals surface area contributed by atoms with E-state index in [4.69, 9.17) is 4.74 Å². The summed E-state index contributed by atoms with van der Waals surface area (Å²) in [4.78, 5) is 0. The summed E-state index contributed by atoms with van der Waals surface area (Å²) in [7, 11) is 0. The smallest absolute Gasteiger partial charge is 0.159 e. The van der Waals surface area contributed by atoms with Gasteiger partial charge in [-0.25, -0.2) is 0 Å². The molecule has 5 heteroatoms. The predicted molar refractivity (Wildman–Crippen MR) is 69.0 cm³/mol. The molecule has 0 spiro atoms. The Kier molecular flexibility index (Phi) is 3.60. The fourth-order valence-electron chi connectivity index (χ4n) is 1.68. The molecule has 0 radical (unpaired) electrons. The van der Waals surface area contributed by atoms with Crippen LogP contribution in [-0.2, 0) is 0 Å². The summed E-state index contributed by atoms with van der Waals surface area (Å²) in [6.07, 6.45) is 0.176. The zero-order valence-corrected chi connectivity index (χ0v) is 11.2. The van der Waals surface area contributed by atoms with E-state index in [0.717, 1.165) is 17.3 Å². The molecule has 0 fully saturated rings. The van der Waals surface area contributed by atoms with Crippen LogP contribution >= 0.6 is 0 Å². The minimum atomic E-state index is 0.176. The molecule has 0 bridgehead atoms. The van der Waals surface area contributed by atoms with Gasteiger partial charge in [0.15, 0.2) is 5.82 Å². The average Bonchev–Trinajstić information content (AvgIpc) is 2.78. The molecule has 2 rings (SSSR count). The molecule has 1 heterocycles. The van der Waals surface area contributed by atoms with E-state index in [0.29, 0.717) is 0 Å². The molecule has 0 saturated heterocycles. The molecule has 18 heavy (non-hydrogen) atoms. The number of aromatic nitrogens is 4. The van der Waals surface area contributed by atoms with Crippen LogP contribution in [-0.4, -0.2) is 26.3 Å². The maximum atomic E-state index is 5.60. The minimum absolute atomic E-state index is 0.176. The van der Waals surface area contributed by atoms with Crippen molar-refractivity contribution in [3.05, 3.63) is 30.1 Å². The largest absolute Gasteiger partial charge is 0.491 e. The number of hydrogen-bond acceptors (Lipinski definition) is 4. The van der Waals surface area contributed by atoms with Gasteiger partial charge in [-0.2, -0.15) is 4.68 Å². The average molecular weight is 246 g/mol. The fourth-order valence-corrected chi connectivity index (χ4v) is 1.68. The molecular formula is C13H18N4O. The highest BCUT2D eigenvalue weighted by atomic mass is 16.5. The molecule has 0 aliphatic rings. The first-order valence-corrected chi connectivity index (χ1v) is 6.13. The molecule has 96 valence electrons. The number of rotatable bonds is 4. The van der Waals surface area contributed by atoms with Crippen LogP contribution in [0.3, 0.4) is 0 Å². The van der Waals surface area contributed by atoms with Crippen molar-refractivity contribution < 1.29 is 4.74 Å². The van der Waals surface area contributed by atoms with Gasteiger partial charge >= 0.3 is 0 Å². The summed E-state index contributed by atoms with van der Waals surface area (Å²) in [5, 5.41) is 11.8. The Morgan fingerprint density at radius 3 is 2.28 bits per heavy atom. The zero-order valence-electron chi connectivity index (χ0n) is 11.2. The highest BCUT2D eigenvalue weighted by Gasteiger charge is 2.11. The number of hydrogen-bond donors (Lipinski definition) is 0. The van der Waals surface area contributed by atoms with Crippen molar-refractivity contribution in [2.75, 3.05) is 0 Å². The van der Waals surface area contributed by atoms with Gasteiger partial charge in [0.1, 0.15) is 5.75 Å². The Bertz CT molecular complexity index is 502. The van der Waals surface area contributed by atoms with Gasteiger partial charge in [0.05, 0.1) is 11.8 Å². The molecule has 5 nitrogen and oxygen atoms in total. The van der Waals surface area contributed by atoms with E-state index in [-0.39, 0.29) is 12.0 Å². The Morgan fingerprint density at radius 2 is 1.72 bits per heavy atom. The van der Waals surface area contributed by atoms with Crippen LogP contribution < -0.4 is 4.74 Å². The van der Waals surface area contributed by atoms with Gasteiger partial charge in [-0.3, -0.25) is 0 Å². The molecule has 0 aliphatic carbocycles. The highest BCUT2D eigenvalue weighted by molar-refractivity contribution is 5.37. The zero-order chi connectivity index (χ0) is 13.1. The van der Waals surface area contributed by atoms with Gasteiger partial charge in [0.25, 0.3) is 0 Å². The monoisotopic (exact) mass is 246 g/mol. The van der Waals surface area contributed by atoms with Gasteiger partial charge in [0.2, 0.25) is 0 Å². The molecule has 0 N–H and O–H groups in total. The Hall–Kier alpha value is -1.91. The van der Waals surface area contributed by atoms with Crippen LogP contribution in [0.15, 0.2) is 24.3 Å². The fraction of sp³-hybridized carbons (Fsp3) is 0.462. The van der Waals surface area contributed by atoms with E-state index in [1.165, 1.54) is 0 Å². The van der Waals surface area contributed by atoms with E-state index in [2.05, 4.69) is 29.4 Å². The van der Waals surface area contributed by atoms with E-state index in [1.54, 1.807) is 4.68 Å². The lowest BCUT2D eigenvalue weighted by atomic mass is 10.2. The summed E-state index contributed by atoms with van der Waals surface area (Å²) >= 11 is 0. The second-order valence-corrected chi connectivity index (χ2v) is 4.76. The summed E-state index contributed by atoms with van der Waals surface area (Å²) in [5.74, 6) is 1.99. The lowest BCUT2D eigenvalue weighted by molar-refractivity contribution is 0.242. The Morgan fingerprint density at radius 1 is 1.06 bits per heavy atom. The van der Waals surface area contributed by atoms with Crippen molar-refractivity contribution in [2.45, 2.75) is 39.7 Å². The van der Waals surface area contributed by atoms with Crippen LogP contribution in [0.1, 0.15) is 39.4 Å². The van der Waals surface area contributed by atoms with E-state index in [1.807, 2.05) is 38.1 Å². The van der Waals surface area contributed by atoms with Crippen LogP contribution in [0, 0.1) is 0 Å². The molecular weight excluding hydrogens is 228 g/mol. The van der Waals surface area contributed by atoms with Crippen LogP contribution in [0.25, 0.3) is 5.69 Å². The lowest BCUT2D eigenvalue weighted by Gasteiger charge is -2.11. The van der Waals surface area contributed by atoms with E-state index >= 15 is 0 Å². The second kappa shape index (κ2) is 5.16. The molecule has 0 aliphatic heterocycles. The van der Waals surface area contributed by atoms with E-state index < -0.39 is 0 Å². The highest BCUT2D eigenvalue weighted by Crippen LogP contribution is 2.19. The maximum absolute atomic E-state index is 5.60. The van der Waals surface area contributed by atoms with Crippen LogP contribution in [0.5, 0.6) is 5.75 Å². The quantitative estimate of drug-likeness (QED) is 0.832. The van der Waals surface area contributed by atoms with Gasteiger partial charge in [-0.1, -0.05) is 13.8 Å². The minimum Gasteiger partial charge on any atom is -0.491 e. The van der Waals surface area contributed by atoms with Gasteiger partial charge in [0, 0.05) is 5.92 Å². The van der Waals surface area contributed by atoms with Crippen LogP contribution in [0.4, 0.5) is 0 Å². The maximum Gasteiger partial charge on any atom is 0.159 e. The van der Waals surface area contributed by atoms with Crippen molar-refractivity contribution in [3.8, 4) is 11.4 Å². The number of benzene rings is 1. The first kappa shape index (κ1) is 12.5. The van der Waals surface area contributed by atoms with Gasteiger partial charge < -0.3 is 4.74 Å². The second-order valence-electron chi connectivity index (χ2n) is 4.76. The summed E-state index contributed by atoms with van der Waals surface area (Å²) < 4.78 is 7.36. The van der Waals surface area contributed by atoms with Crippen LogP contribution in [0.2, 0.25) is 0 Å². The van der Waals surface area contributed by atoms with E-state index in [9.17, 15) is 0 Å². The third kappa shape index (κ3) is 2.67. The van der Waals surface area contributed by atoms with Crippen molar-refractivity contribution in [3.63, 3.8) is 0 Å². The number of tetrazole rings is 1. The van der Waals surface area contributed by atoms with Crippen molar-refractivity contribution >= 4 is 0 Å². The Labute approximate surface area is 107 Å². The summed E-state index contributed by atoms with van der Waals surface area (Å²) in [6, 6.07) is 7.78. The van der Waals surface area contributed by atoms with Crippen molar-refractivity contribution in [1.29, 1.82) is 0 Å². The number of nitrogens with zero attached hydrogens (tertiary/aromatic N) is 4. The molecule has 0 unspecified atom stereocenters. The number of ether oxygens (including phenoxy) is 1. The molecule has 2 aromatic rings. The standard InChI is InChI=1S/C13H18N4O/c1-9(2)13-14-15-16-17(13)11-5-7-12(8-6-11)18-10(3)4/h5-10H,1-4H3. The molecule has 0 atom stereocenters. The topological polar surface area (TPSA) is 52.8 Å². The van der Waals surface area contributed by atoms with Crippen molar-refractivity contribution in [1.82, 2.24) is 20.2 Å². The molecule has 1 aromatic carbocycles. The van der Waals surface area contributed by atoms with Gasteiger partial charge in [-0.15, -0.1) is 5.10 Å². The summed E-state index contributed by atoms with van der Waals surface area (Å²) in [6.45, 7) is 8.15. The third-order valence-corrected chi connectivity index (χ3v) is 2.46. The first-order chi connectivity index (χ1) is 8.58. The SMILES string of the molecule is CC(C)Oc1ccc(-n2nnnc2C(C)C)cc1. The van der Waals surface area contributed by atoms with Crippen molar-refractivity contribution in [2.24, 2.45) is 0 Å². The molecule has 0 saturated carbocycles. The third-order valence-electron chi connectivity index (χ3n) is 2.46. The van der Waals surface area contributed by atoms with Gasteiger partial charge in [-0.05, 0) is 48.5 Å². The predicted octanol–water partition coefficient (Wildman–Crippen LogP) is 2.57. The summed E-state index contributed by atoms with van der Waals surface area (Å²) in [5.41, 5.74) is 0.944. The Balaban J connectivity index is 2.26. The first-order valence-electron chi connectivity index (χ1n) is 6.13. The molecule has 0 amide bonds. The normalized spacial score (nSPS) is 11.2.